The Labute approximate surface area is 125 Å². The van der Waals surface area contributed by atoms with Crippen molar-refractivity contribution in [3.8, 4) is 0 Å². The van der Waals surface area contributed by atoms with Crippen molar-refractivity contribution in [1.29, 1.82) is 0 Å². The molecule has 0 radical (unpaired) electrons. The van der Waals surface area contributed by atoms with Gasteiger partial charge in [-0.3, -0.25) is 4.68 Å². The molecule has 5 heteroatoms. The van der Waals surface area contributed by atoms with E-state index in [4.69, 9.17) is 4.74 Å². The van der Waals surface area contributed by atoms with Crippen molar-refractivity contribution in [1.82, 2.24) is 15.1 Å². The van der Waals surface area contributed by atoms with Crippen LogP contribution in [-0.4, -0.2) is 29.0 Å². The Hall–Kier alpha value is -0.390. The summed E-state index contributed by atoms with van der Waals surface area (Å²) in [6, 6.07) is 0.112. The van der Waals surface area contributed by atoms with Crippen molar-refractivity contribution in [3.05, 3.63) is 16.4 Å². The molecule has 0 bridgehead atoms. The van der Waals surface area contributed by atoms with Crippen LogP contribution in [0.1, 0.15) is 52.3 Å². The average molecular weight is 332 g/mol. The van der Waals surface area contributed by atoms with Crippen LogP contribution in [-0.2, 0) is 11.3 Å². The first-order chi connectivity index (χ1) is 8.97. The maximum Gasteiger partial charge on any atom is 0.0832 e. The zero-order valence-corrected chi connectivity index (χ0v) is 14.2. The lowest BCUT2D eigenvalue weighted by molar-refractivity contribution is -0.0137. The number of hydrogen-bond donors (Lipinski definition) is 1. The number of ether oxygens (including phenoxy) is 1. The smallest absolute Gasteiger partial charge is 0.0832 e. The average Bonchev–Trinajstić information content (AvgIpc) is 2.72. The molecular weight excluding hydrogens is 306 g/mol. The predicted molar refractivity (Wildman–Crippen MR) is 82.3 cm³/mol. The molecule has 0 saturated carbocycles. The van der Waals surface area contributed by atoms with Gasteiger partial charge in [0.2, 0.25) is 0 Å². The molecule has 110 valence electrons. The van der Waals surface area contributed by atoms with Crippen LogP contribution in [0.4, 0.5) is 0 Å². The van der Waals surface area contributed by atoms with E-state index in [9.17, 15) is 0 Å². The molecule has 0 amide bonds. The van der Waals surface area contributed by atoms with Gasteiger partial charge in [0.05, 0.1) is 28.0 Å². The minimum Gasteiger partial charge on any atom is -0.377 e. The van der Waals surface area contributed by atoms with Gasteiger partial charge >= 0.3 is 0 Å². The van der Waals surface area contributed by atoms with Crippen molar-refractivity contribution in [2.24, 2.45) is 0 Å². The van der Waals surface area contributed by atoms with Gasteiger partial charge in [-0.15, -0.1) is 0 Å². The standard InChI is InChI=1S/C14H26BrN3O/c1-6-8-16-13(14(3,4)19-5)12-11(15)10-17-18(12)9-7-2/h10,13,16H,6-9H2,1-5H3. The van der Waals surface area contributed by atoms with Gasteiger partial charge in [-0.2, -0.15) is 5.10 Å². The van der Waals surface area contributed by atoms with E-state index >= 15 is 0 Å². The monoisotopic (exact) mass is 331 g/mol. The highest BCUT2D eigenvalue weighted by Crippen LogP contribution is 2.33. The number of aromatic nitrogens is 2. The van der Waals surface area contributed by atoms with Crippen LogP contribution in [0.15, 0.2) is 10.7 Å². The van der Waals surface area contributed by atoms with Crippen molar-refractivity contribution < 1.29 is 4.74 Å². The van der Waals surface area contributed by atoms with Gasteiger partial charge in [0.15, 0.2) is 0 Å². The first kappa shape index (κ1) is 16.7. The topological polar surface area (TPSA) is 39.1 Å². The van der Waals surface area contributed by atoms with E-state index in [1.165, 1.54) is 5.69 Å². The third-order valence-electron chi connectivity index (χ3n) is 3.36. The Balaban J connectivity index is 3.12. The van der Waals surface area contributed by atoms with E-state index in [1.807, 2.05) is 6.20 Å². The highest BCUT2D eigenvalue weighted by molar-refractivity contribution is 9.10. The van der Waals surface area contributed by atoms with Crippen LogP contribution in [0.2, 0.25) is 0 Å². The fourth-order valence-corrected chi connectivity index (χ4v) is 2.65. The highest BCUT2D eigenvalue weighted by atomic mass is 79.9. The molecule has 0 fully saturated rings. The third-order valence-corrected chi connectivity index (χ3v) is 3.97. The molecule has 0 saturated heterocycles. The Bertz CT molecular complexity index is 390. The van der Waals surface area contributed by atoms with E-state index < -0.39 is 0 Å². The molecule has 4 nitrogen and oxygen atoms in total. The Morgan fingerprint density at radius 2 is 2.11 bits per heavy atom. The molecule has 0 spiro atoms. The van der Waals surface area contributed by atoms with Gasteiger partial charge in [-0.1, -0.05) is 13.8 Å². The molecule has 1 aromatic rings. The first-order valence-electron chi connectivity index (χ1n) is 6.97. The van der Waals surface area contributed by atoms with Crippen LogP contribution >= 0.6 is 15.9 Å². The van der Waals surface area contributed by atoms with Gasteiger partial charge in [-0.25, -0.2) is 0 Å². The lowest BCUT2D eigenvalue weighted by Gasteiger charge is -2.34. The lowest BCUT2D eigenvalue weighted by Crippen LogP contribution is -2.42. The summed E-state index contributed by atoms with van der Waals surface area (Å²) < 4.78 is 8.79. The molecule has 1 atom stereocenters. The van der Waals surface area contributed by atoms with E-state index in [0.29, 0.717) is 0 Å². The second-order valence-corrected chi connectivity index (χ2v) is 6.15. The van der Waals surface area contributed by atoms with E-state index in [-0.39, 0.29) is 11.6 Å². The largest absolute Gasteiger partial charge is 0.377 e. The number of nitrogens with zero attached hydrogens (tertiary/aromatic N) is 2. The van der Waals surface area contributed by atoms with Crippen molar-refractivity contribution in [3.63, 3.8) is 0 Å². The molecule has 1 heterocycles. The summed E-state index contributed by atoms with van der Waals surface area (Å²) in [6.45, 7) is 10.4. The molecule has 0 aliphatic rings. The summed E-state index contributed by atoms with van der Waals surface area (Å²) in [5.74, 6) is 0. The van der Waals surface area contributed by atoms with Crippen LogP contribution in [0.5, 0.6) is 0 Å². The molecule has 1 N–H and O–H groups in total. The number of halogens is 1. The number of rotatable bonds is 8. The van der Waals surface area contributed by atoms with Gasteiger partial charge in [-0.05, 0) is 49.2 Å². The van der Waals surface area contributed by atoms with Crippen molar-refractivity contribution in [2.75, 3.05) is 13.7 Å². The zero-order valence-electron chi connectivity index (χ0n) is 12.7. The SMILES string of the molecule is CCCNC(c1c(Br)cnn1CCC)C(C)(C)OC. The summed E-state index contributed by atoms with van der Waals surface area (Å²) in [7, 11) is 1.76. The molecular formula is C14H26BrN3O. The molecule has 0 aliphatic carbocycles. The van der Waals surface area contributed by atoms with Crippen LogP contribution in [0.25, 0.3) is 0 Å². The molecule has 1 aromatic heterocycles. The van der Waals surface area contributed by atoms with E-state index in [0.717, 1.165) is 30.4 Å². The maximum absolute atomic E-state index is 5.68. The molecule has 1 rings (SSSR count). The minimum absolute atomic E-state index is 0.112. The zero-order chi connectivity index (χ0) is 14.5. The third kappa shape index (κ3) is 4.04. The van der Waals surface area contributed by atoms with Gasteiger partial charge in [0, 0.05) is 13.7 Å². The summed E-state index contributed by atoms with van der Waals surface area (Å²) in [4.78, 5) is 0. The number of methoxy groups -OCH3 is 1. The van der Waals surface area contributed by atoms with Crippen LogP contribution in [0.3, 0.4) is 0 Å². The Morgan fingerprint density at radius 1 is 1.42 bits per heavy atom. The van der Waals surface area contributed by atoms with Gasteiger partial charge in [0.1, 0.15) is 0 Å². The van der Waals surface area contributed by atoms with Crippen molar-refractivity contribution in [2.45, 2.75) is 58.7 Å². The van der Waals surface area contributed by atoms with Gasteiger partial charge in [0.25, 0.3) is 0 Å². The van der Waals surface area contributed by atoms with E-state index in [2.05, 4.69) is 58.7 Å². The predicted octanol–water partition coefficient (Wildman–Crippen LogP) is 3.52. The lowest BCUT2D eigenvalue weighted by atomic mass is 9.95. The summed E-state index contributed by atoms with van der Waals surface area (Å²) in [6.07, 6.45) is 4.03. The minimum atomic E-state index is -0.288. The molecule has 0 aliphatic heterocycles. The quantitative estimate of drug-likeness (QED) is 0.792. The Kier molecular flexibility index (Phi) is 6.50. The fraction of sp³-hybridized carbons (Fsp3) is 0.786. The first-order valence-corrected chi connectivity index (χ1v) is 7.76. The van der Waals surface area contributed by atoms with E-state index in [1.54, 1.807) is 7.11 Å². The van der Waals surface area contributed by atoms with Crippen LogP contribution < -0.4 is 5.32 Å². The molecule has 1 unspecified atom stereocenters. The summed E-state index contributed by atoms with van der Waals surface area (Å²) in [5.41, 5.74) is 0.880. The number of nitrogens with one attached hydrogen (secondary N) is 1. The highest BCUT2D eigenvalue weighted by Gasteiger charge is 2.34. The fourth-order valence-electron chi connectivity index (χ4n) is 2.13. The van der Waals surface area contributed by atoms with Crippen LogP contribution in [0, 0.1) is 0 Å². The second-order valence-electron chi connectivity index (χ2n) is 5.30. The number of aryl methyl sites for hydroxylation is 1. The van der Waals surface area contributed by atoms with Gasteiger partial charge < -0.3 is 10.1 Å². The summed E-state index contributed by atoms with van der Waals surface area (Å²) in [5, 5.41) is 8.04. The molecule has 0 aromatic carbocycles. The maximum atomic E-state index is 5.68. The summed E-state index contributed by atoms with van der Waals surface area (Å²) >= 11 is 3.62. The van der Waals surface area contributed by atoms with Crippen molar-refractivity contribution >= 4 is 15.9 Å². The normalized spacial score (nSPS) is 13.8. The number of hydrogen-bond acceptors (Lipinski definition) is 3. The Morgan fingerprint density at radius 3 is 2.63 bits per heavy atom. The second kappa shape index (κ2) is 7.41. The molecule has 19 heavy (non-hydrogen) atoms.